The summed E-state index contributed by atoms with van der Waals surface area (Å²) in [5.74, 6) is 7.29. The van der Waals surface area contributed by atoms with Crippen molar-refractivity contribution in [2.45, 2.75) is 279 Å². The molecule has 0 spiro atoms. The second-order valence-electron chi connectivity index (χ2n) is 19.6. The van der Waals surface area contributed by atoms with E-state index < -0.39 is 0 Å². The monoisotopic (exact) mass is 1270 g/mol. The maximum atomic E-state index is 5.12. The van der Waals surface area contributed by atoms with Gasteiger partial charge in [0.15, 0.2) is 25.4 Å². The molecule has 0 radical (unpaired) electrons. The first kappa shape index (κ1) is 98.9. The first-order valence-corrected chi connectivity index (χ1v) is 34.7. The fraction of sp³-hybridized carbons (Fsp3) is 0.879. The second kappa shape index (κ2) is 77.7. The van der Waals surface area contributed by atoms with Crippen molar-refractivity contribution in [2.75, 3.05) is 59.0 Å². The van der Waals surface area contributed by atoms with Gasteiger partial charge in [-0.1, -0.05) is 260 Å². The van der Waals surface area contributed by atoms with Gasteiger partial charge in [-0.2, -0.15) is 0 Å². The first-order valence-electron chi connectivity index (χ1n) is 33.7. The van der Waals surface area contributed by atoms with Gasteiger partial charge in [0.2, 0.25) is 18.7 Å². The summed E-state index contributed by atoms with van der Waals surface area (Å²) in [7, 11) is 0. The topological polar surface area (TPSA) is 215 Å². The van der Waals surface area contributed by atoms with Gasteiger partial charge in [-0.05, 0) is 67.4 Å². The summed E-state index contributed by atoms with van der Waals surface area (Å²) in [4.78, 5) is 46.7. The van der Waals surface area contributed by atoms with Crippen LogP contribution in [0.25, 0.3) is 0 Å². The van der Waals surface area contributed by atoms with E-state index in [1.165, 1.54) is 56.3 Å². The molecule has 8 rings (SSSR count). The number of oxime groups is 5. The van der Waals surface area contributed by atoms with Crippen molar-refractivity contribution in [3.05, 3.63) is 0 Å². The molecule has 8 aliphatic heterocycles. The number of amidine groups is 2. The van der Waals surface area contributed by atoms with Gasteiger partial charge in [-0.15, -0.1) is 0 Å². The minimum absolute atomic E-state index is 0.134. The molecule has 87 heavy (non-hydrogen) atoms. The number of ether oxygens (including phenoxy) is 3. The lowest BCUT2D eigenvalue weighted by Crippen LogP contribution is -2.33. The van der Waals surface area contributed by atoms with Crippen LogP contribution in [-0.2, 0) is 48.1 Å². The Morgan fingerprint density at radius 1 is 0.448 bits per heavy atom. The summed E-state index contributed by atoms with van der Waals surface area (Å²) in [6.07, 6.45) is 11.8. The number of hydroxylamine groups is 2. The fourth-order valence-corrected chi connectivity index (χ4v) is 6.49. The van der Waals surface area contributed by atoms with E-state index in [9.17, 15) is 0 Å². The van der Waals surface area contributed by atoms with Crippen molar-refractivity contribution in [3.63, 3.8) is 0 Å². The van der Waals surface area contributed by atoms with Crippen molar-refractivity contribution in [2.24, 2.45) is 88.1 Å². The van der Waals surface area contributed by atoms with Gasteiger partial charge in [-0.3, -0.25) is 30.6 Å². The molecule has 2 N–H and O–H groups in total. The lowest BCUT2D eigenvalue weighted by molar-refractivity contribution is -0.0306. The molecule has 8 aliphatic rings. The van der Waals surface area contributed by atoms with E-state index in [1.807, 2.05) is 125 Å². The molecular weight excluding hydrogens is 1120 g/mol. The number of hydrogen-bond donors (Lipinski definition) is 2. The first-order chi connectivity index (χ1) is 41.9. The third-order valence-corrected chi connectivity index (χ3v) is 11.6. The Labute approximate surface area is 541 Å². The predicted octanol–water partition coefficient (Wildman–Crippen LogP) is 18.8. The second-order valence-corrected chi connectivity index (χ2v) is 20.6. The van der Waals surface area contributed by atoms with Gasteiger partial charge in [0.05, 0.1) is 18.9 Å². The molecule has 20 nitrogen and oxygen atoms in total. The van der Waals surface area contributed by atoms with E-state index in [1.54, 1.807) is 11.8 Å². The van der Waals surface area contributed by atoms with Gasteiger partial charge in [-0.25, -0.2) is 4.99 Å². The molecule has 0 amide bonds. The highest BCUT2D eigenvalue weighted by Gasteiger charge is 2.18. The van der Waals surface area contributed by atoms with Gasteiger partial charge in [0.25, 0.3) is 6.79 Å². The maximum absolute atomic E-state index is 5.12. The van der Waals surface area contributed by atoms with Gasteiger partial charge >= 0.3 is 0 Å². The Balaban J connectivity index is -0.000000132. The van der Waals surface area contributed by atoms with E-state index in [4.69, 9.17) is 43.2 Å². The lowest BCUT2D eigenvalue weighted by atomic mass is 10.0. The molecule has 0 fully saturated rings. The van der Waals surface area contributed by atoms with Crippen LogP contribution in [-0.4, -0.2) is 118 Å². The van der Waals surface area contributed by atoms with Crippen LogP contribution in [0.1, 0.15) is 267 Å². The molecule has 0 aromatic carbocycles. The molecule has 522 valence electrons. The van der Waals surface area contributed by atoms with Gasteiger partial charge < -0.3 is 38.4 Å². The summed E-state index contributed by atoms with van der Waals surface area (Å²) < 4.78 is 15.0. The van der Waals surface area contributed by atoms with Crippen LogP contribution in [0.4, 0.5) is 0 Å². The molecular formula is C66H142N10O10S. The van der Waals surface area contributed by atoms with Crippen molar-refractivity contribution >= 4 is 58.6 Å². The van der Waals surface area contributed by atoms with Gasteiger partial charge in [0, 0.05) is 35.9 Å². The summed E-state index contributed by atoms with van der Waals surface area (Å²) in [6.45, 7) is 71.0. The maximum Gasteiger partial charge on any atom is 0.257 e. The fourth-order valence-electron chi connectivity index (χ4n) is 5.82. The van der Waals surface area contributed by atoms with Crippen molar-refractivity contribution < 1.29 is 48.1 Å². The number of nitrogens with zero attached hydrogens (tertiary/aromatic N) is 8. The average molecular weight is 1270 g/mol. The SMILES string of the molecule is CC.CC.CC.CC.CC.CC.CC.CC.CC(C)C1=NCCCCC1.CC(C)C1=NCCON1.CC(C)C1=NCON1.CC(C)C1=NOCCCC1.CC(C)C1=NOCO1.CC(C)C1=NOCS1.CC(C)C1COC=NO1.CC(C)C1CON=CO1. The smallest absolute Gasteiger partial charge is 0.257 e. The molecule has 2 unspecified atom stereocenters. The molecule has 0 aromatic rings. The Morgan fingerprint density at radius 3 is 1.33 bits per heavy atom. The van der Waals surface area contributed by atoms with Crippen LogP contribution in [0.5, 0.6) is 0 Å². The zero-order valence-electron chi connectivity index (χ0n) is 62.3. The van der Waals surface area contributed by atoms with Crippen molar-refractivity contribution in [3.8, 4) is 0 Å². The molecule has 21 heteroatoms. The third-order valence-electron chi connectivity index (χ3n) is 10.5. The number of aliphatic imine (C=N–C) groups is 3. The Morgan fingerprint density at radius 2 is 1.00 bits per heavy atom. The molecule has 0 saturated carbocycles. The Bertz CT molecular complexity index is 1520. The number of nitrogens with one attached hydrogen (secondary N) is 2. The van der Waals surface area contributed by atoms with Crippen LogP contribution in [0.15, 0.2) is 40.8 Å². The number of hydrogen-bond acceptors (Lipinski definition) is 21. The summed E-state index contributed by atoms with van der Waals surface area (Å²) >= 11 is 1.68. The average Bonchev–Trinajstić information content (AvgIpc) is 4.44. The van der Waals surface area contributed by atoms with E-state index in [2.05, 4.69) is 153 Å². The minimum atomic E-state index is 0.134. The molecule has 0 saturated heterocycles. The third kappa shape index (κ3) is 63.0. The quantitative estimate of drug-likeness (QED) is 0.232. The van der Waals surface area contributed by atoms with Crippen LogP contribution in [0.3, 0.4) is 0 Å². The Kier molecular flexibility index (Phi) is 88.3. The molecule has 0 aromatic heterocycles. The highest BCUT2D eigenvalue weighted by atomic mass is 32.2. The van der Waals surface area contributed by atoms with E-state index in [-0.39, 0.29) is 19.0 Å². The van der Waals surface area contributed by atoms with Crippen molar-refractivity contribution in [1.82, 2.24) is 11.0 Å². The standard InChI is InChI=1S/C9H17N.C8H15NO.C6H12N2O.2C6H11NO2.C5H10N2O.C5H9NO2.C5H9NOS.8C2H6/c1-8(2)9-6-4-3-5-7-10-9;1-7(2)8-5-3-4-6-10-9-8;1-5(2)6-7-3-4-9-8-6;1-5(2)6-3-9-7-4-8-6;1-5(2)6-3-8-4-7-9-6;1-4(2)5-6-3-8-7-5;1-4(2)5-6-8-3-7-5;1-4(2)5-6-7-3-8-5;8*1-2/h8H,3-7H2,1-2H3;7H,3-6H2,1-2H3;5H,3-4H2,1-2H3,(H,7,8);2*4-6H,3H2,1-2H3;4H,3H2,1-2H3,(H,6,7);2*4H,3H2,1-2H3;8*1-2H3. The lowest BCUT2D eigenvalue weighted by Gasteiger charge is -2.20. The summed E-state index contributed by atoms with van der Waals surface area (Å²) in [5, 5.41) is 19.6. The predicted molar refractivity (Wildman–Crippen MR) is 379 cm³/mol. The Hall–Kier alpha value is -4.37. The highest BCUT2D eigenvalue weighted by Crippen LogP contribution is 2.19. The normalized spacial score (nSPS) is 17.5. The number of rotatable bonds is 8. The molecule has 0 bridgehead atoms. The minimum Gasteiger partial charge on any atom is -0.477 e. The zero-order chi connectivity index (χ0) is 68.8. The summed E-state index contributed by atoms with van der Waals surface area (Å²) in [6, 6.07) is 0. The van der Waals surface area contributed by atoms with Crippen molar-refractivity contribution in [1.29, 1.82) is 0 Å². The molecule has 2 atom stereocenters. The van der Waals surface area contributed by atoms with E-state index >= 15 is 0 Å². The van der Waals surface area contributed by atoms with E-state index in [0.29, 0.717) is 85.7 Å². The van der Waals surface area contributed by atoms with Crippen LogP contribution in [0, 0.1) is 47.3 Å². The van der Waals surface area contributed by atoms with Gasteiger partial charge in [0.1, 0.15) is 36.0 Å². The van der Waals surface area contributed by atoms with Crippen LogP contribution < -0.4 is 11.0 Å². The van der Waals surface area contributed by atoms with Crippen LogP contribution >= 0.6 is 11.8 Å². The summed E-state index contributed by atoms with van der Waals surface area (Å²) in [5.41, 5.74) is 8.14. The van der Waals surface area contributed by atoms with E-state index in [0.717, 1.165) is 49.3 Å². The molecule has 8 heterocycles. The zero-order valence-corrected chi connectivity index (χ0v) is 63.1. The van der Waals surface area contributed by atoms with Crippen LogP contribution in [0.2, 0.25) is 0 Å². The largest absolute Gasteiger partial charge is 0.477 e. The molecule has 0 aliphatic carbocycles. The highest BCUT2D eigenvalue weighted by molar-refractivity contribution is 8.14. The number of thioether (sulfide) groups is 1.